The van der Waals surface area contributed by atoms with E-state index in [4.69, 9.17) is 13.8 Å². The molecule has 2 aliphatic rings. The highest BCUT2D eigenvalue weighted by molar-refractivity contribution is 5.92. The molecule has 2 saturated heterocycles. The number of likely N-dealkylation sites (tertiary alicyclic amines) is 1. The molecular weight excluding hydrogens is 300 g/mol. The second-order valence-corrected chi connectivity index (χ2v) is 6.27. The molecule has 0 aromatic carbocycles. The van der Waals surface area contributed by atoms with Crippen molar-refractivity contribution in [2.45, 2.75) is 26.4 Å². The van der Waals surface area contributed by atoms with Gasteiger partial charge in [0.25, 0.3) is 5.91 Å². The molecule has 8 heteroatoms. The van der Waals surface area contributed by atoms with E-state index in [0.29, 0.717) is 55.2 Å². The maximum Gasteiger partial charge on any atom is 0.276 e. The van der Waals surface area contributed by atoms with Crippen LogP contribution < -0.4 is 0 Å². The SMILES string of the molecule is Cc1noc(C[C@@H]2CO[C@@H]3CN(C(=O)c4cc(C)on4)C[C@H]23)n1. The molecule has 3 atom stereocenters. The third-order valence-electron chi connectivity index (χ3n) is 4.58. The van der Waals surface area contributed by atoms with Crippen LogP contribution in [0.5, 0.6) is 0 Å². The average Bonchev–Trinajstić information content (AvgIpc) is 3.25. The van der Waals surface area contributed by atoms with E-state index in [1.54, 1.807) is 24.8 Å². The largest absolute Gasteiger partial charge is 0.376 e. The minimum absolute atomic E-state index is 0.0703. The Morgan fingerprint density at radius 3 is 2.87 bits per heavy atom. The number of ether oxygens (including phenoxy) is 1. The van der Waals surface area contributed by atoms with E-state index in [2.05, 4.69) is 15.3 Å². The summed E-state index contributed by atoms with van der Waals surface area (Å²) in [5, 5.41) is 7.62. The second kappa shape index (κ2) is 5.45. The van der Waals surface area contributed by atoms with Crippen LogP contribution in [0.2, 0.25) is 0 Å². The smallest absolute Gasteiger partial charge is 0.276 e. The van der Waals surface area contributed by atoms with Crippen molar-refractivity contribution in [2.75, 3.05) is 19.7 Å². The summed E-state index contributed by atoms with van der Waals surface area (Å²) < 4.78 is 16.0. The molecule has 2 fully saturated rings. The number of amides is 1. The van der Waals surface area contributed by atoms with Crippen LogP contribution in [-0.2, 0) is 11.2 Å². The monoisotopic (exact) mass is 318 g/mol. The molecule has 23 heavy (non-hydrogen) atoms. The zero-order valence-corrected chi connectivity index (χ0v) is 13.1. The van der Waals surface area contributed by atoms with Gasteiger partial charge in [0.15, 0.2) is 11.5 Å². The molecule has 0 aliphatic carbocycles. The van der Waals surface area contributed by atoms with Gasteiger partial charge in [-0.3, -0.25) is 4.79 Å². The lowest BCUT2D eigenvalue weighted by Gasteiger charge is -2.18. The van der Waals surface area contributed by atoms with Crippen molar-refractivity contribution in [1.29, 1.82) is 0 Å². The fourth-order valence-electron chi connectivity index (χ4n) is 3.45. The van der Waals surface area contributed by atoms with Gasteiger partial charge in [-0.1, -0.05) is 10.3 Å². The number of aromatic nitrogens is 3. The molecule has 2 aromatic rings. The Morgan fingerprint density at radius 1 is 1.30 bits per heavy atom. The normalized spacial score (nSPS) is 26.7. The fraction of sp³-hybridized carbons (Fsp3) is 0.600. The lowest BCUT2D eigenvalue weighted by atomic mass is 9.90. The standard InChI is InChI=1S/C15H18N4O4/c1-8-3-12(18-22-8)15(20)19-5-11-10(7-21-13(11)6-19)4-14-16-9(2)17-23-14/h3,10-11,13H,4-7H2,1-2H3/t10-,11-,13-/m1/s1. The van der Waals surface area contributed by atoms with Gasteiger partial charge in [0, 0.05) is 31.5 Å². The van der Waals surface area contributed by atoms with E-state index < -0.39 is 0 Å². The Morgan fingerprint density at radius 2 is 2.17 bits per heavy atom. The quantitative estimate of drug-likeness (QED) is 0.833. The molecule has 0 saturated carbocycles. The van der Waals surface area contributed by atoms with Crippen molar-refractivity contribution in [2.24, 2.45) is 11.8 Å². The number of nitrogens with zero attached hydrogens (tertiary/aromatic N) is 4. The van der Waals surface area contributed by atoms with E-state index in [0.717, 1.165) is 0 Å². The summed E-state index contributed by atoms with van der Waals surface area (Å²) in [5.41, 5.74) is 0.353. The maximum atomic E-state index is 12.5. The van der Waals surface area contributed by atoms with Crippen molar-refractivity contribution in [3.63, 3.8) is 0 Å². The number of rotatable bonds is 3. The van der Waals surface area contributed by atoms with E-state index in [1.807, 2.05) is 0 Å². The van der Waals surface area contributed by atoms with E-state index in [-0.39, 0.29) is 17.9 Å². The predicted molar refractivity (Wildman–Crippen MR) is 76.6 cm³/mol. The van der Waals surface area contributed by atoms with Gasteiger partial charge in [-0.2, -0.15) is 4.98 Å². The van der Waals surface area contributed by atoms with Gasteiger partial charge in [0.05, 0.1) is 12.7 Å². The number of aryl methyl sites for hydroxylation is 2. The van der Waals surface area contributed by atoms with Crippen molar-refractivity contribution >= 4 is 5.91 Å². The summed E-state index contributed by atoms with van der Waals surface area (Å²) in [5.74, 6) is 2.38. The Hall–Kier alpha value is -2.22. The van der Waals surface area contributed by atoms with Crippen LogP contribution in [0.3, 0.4) is 0 Å². The molecular formula is C15H18N4O4. The van der Waals surface area contributed by atoms with Crippen LogP contribution in [0.25, 0.3) is 0 Å². The highest BCUT2D eigenvalue weighted by Gasteiger charge is 2.46. The highest BCUT2D eigenvalue weighted by atomic mass is 16.5. The van der Waals surface area contributed by atoms with Gasteiger partial charge in [-0.15, -0.1) is 0 Å². The van der Waals surface area contributed by atoms with E-state index >= 15 is 0 Å². The van der Waals surface area contributed by atoms with Crippen LogP contribution in [-0.4, -0.2) is 51.9 Å². The average molecular weight is 318 g/mol. The van der Waals surface area contributed by atoms with Gasteiger partial charge in [0.2, 0.25) is 5.89 Å². The lowest BCUT2D eigenvalue weighted by molar-refractivity contribution is 0.0667. The predicted octanol–water partition coefficient (Wildman–Crippen LogP) is 1.00. The number of fused-ring (bicyclic) bond motifs is 1. The fourth-order valence-corrected chi connectivity index (χ4v) is 3.45. The number of carbonyl (C=O) groups excluding carboxylic acids is 1. The van der Waals surface area contributed by atoms with Crippen LogP contribution in [0.4, 0.5) is 0 Å². The lowest BCUT2D eigenvalue weighted by Crippen LogP contribution is -2.31. The van der Waals surface area contributed by atoms with Crippen molar-refractivity contribution in [3.05, 3.63) is 29.2 Å². The van der Waals surface area contributed by atoms with Gasteiger partial charge in [0.1, 0.15) is 5.76 Å². The molecule has 0 unspecified atom stereocenters. The summed E-state index contributed by atoms with van der Waals surface area (Å²) in [6, 6.07) is 1.66. The molecule has 0 bridgehead atoms. The van der Waals surface area contributed by atoms with Crippen molar-refractivity contribution < 1.29 is 18.6 Å². The van der Waals surface area contributed by atoms with Gasteiger partial charge in [-0.05, 0) is 19.8 Å². The topological polar surface area (TPSA) is 94.5 Å². The number of hydrogen-bond acceptors (Lipinski definition) is 7. The Bertz CT molecular complexity index is 725. The molecule has 2 aliphatic heterocycles. The Kier molecular flexibility index (Phi) is 3.41. The van der Waals surface area contributed by atoms with Crippen LogP contribution in [0.1, 0.15) is 28.0 Å². The van der Waals surface area contributed by atoms with Crippen molar-refractivity contribution in [3.8, 4) is 0 Å². The molecule has 4 rings (SSSR count). The Labute approximate surface area is 132 Å². The summed E-state index contributed by atoms with van der Waals surface area (Å²) >= 11 is 0. The Balaban J connectivity index is 1.43. The second-order valence-electron chi connectivity index (χ2n) is 6.27. The van der Waals surface area contributed by atoms with Gasteiger partial charge in [-0.25, -0.2) is 0 Å². The van der Waals surface area contributed by atoms with E-state index in [1.165, 1.54) is 0 Å². The highest BCUT2D eigenvalue weighted by Crippen LogP contribution is 2.35. The third kappa shape index (κ3) is 2.63. The van der Waals surface area contributed by atoms with Crippen molar-refractivity contribution in [1.82, 2.24) is 20.2 Å². The molecule has 2 aromatic heterocycles. The minimum atomic E-state index is -0.104. The number of carbonyl (C=O) groups is 1. The maximum absolute atomic E-state index is 12.5. The first-order valence-corrected chi connectivity index (χ1v) is 7.73. The summed E-state index contributed by atoms with van der Waals surface area (Å²) in [7, 11) is 0. The molecule has 0 spiro atoms. The first-order chi connectivity index (χ1) is 11.1. The first kappa shape index (κ1) is 14.4. The summed E-state index contributed by atoms with van der Waals surface area (Å²) in [4.78, 5) is 18.5. The van der Waals surface area contributed by atoms with Gasteiger partial charge < -0.3 is 18.7 Å². The summed E-state index contributed by atoms with van der Waals surface area (Å²) in [6.45, 7) is 5.49. The van der Waals surface area contributed by atoms with Crippen LogP contribution in [0, 0.1) is 25.7 Å². The zero-order chi connectivity index (χ0) is 16.0. The molecule has 0 N–H and O–H groups in total. The van der Waals surface area contributed by atoms with Crippen LogP contribution in [0.15, 0.2) is 15.1 Å². The van der Waals surface area contributed by atoms with Gasteiger partial charge >= 0.3 is 0 Å². The summed E-state index contributed by atoms with van der Waals surface area (Å²) in [6.07, 6.45) is 0.758. The molecule has 8 nitrogen and oxygen atoms in total. The molecule has 0 radical (unpaired) electrons. The minimum Gasteiger partial charge on any atom is -0.376 e. The molecule has 122 valence electrons. The molecule has 4 heterocycles. The number of hydrogen-bond donors (Lipinski definition) is 0. The van der Waals surface area contributed by atoms with E-state index in [9.17, 15) is 4.79 Å². The first-order valence-electron chi connectivity index (χ1n) is 7.73. The third-order valence-corrected chi connectivity index (χ3v) is 4.58. The molecule has 1 amide bonds. The zero-order valence-electron chi connectivity index (χ0n) is 13.1. The van der Waals surface area contributed by atoms with Crippen LogP contribution >= 0.6 is 0 Å².